The maximum absolute atomic E-state index is 11.2. The van der Waals surface area contributed by atoms with Gasteiger partial charge in [-0.05, 0) is 12.8 Å². The fourth-order valence-electron chi connectivity index (χ4n) is 2.16. The van der Waals surface area contributed by atoms with Crippen molar-refractivity contribution in [2.24, 2.45) is 17.1 Å². The smallest absolute Gasteiger partial charge is 0.320 e. The molecule has 1 saturated carbocycles. The van der Waals surface area contributed by atoms with Crippen molar-refractivity contribution in [3.05, 3.63) is 0 Å². The summed E-state index contributed by atoms with van der Waals surface area (Å²) in [6.45, 7) is 0. The van der Waals surface area contributed by atoms with E-state index in [1.165, 1.54) is 0 Å². The number of carboxylic acids is 2. The van der Waals surface area contributed by atoms with Crippen LogP contribution in [0.4, 0.5) is 0 Å². The fourth-order valence-corrected chi connectivity index (χ4v) is 2.16. The zero-order chi connectivity index (χ0) is 11.6. The van der Waals surface area contributed by atoms with Crippen molar-refractivity contribution < 1.29 is 24.6 Å². The second kappa shape index (κ2) is 3.88. The van der Waals surface area contributed by atoms with Crippen molar-refractivity contribution >= 4 is 17.8 Å². The monoisotopic (exact) mass is 215 g/mol. The van der Waals surface area contributed by atoms with E-state index in [9.17, 15) is 14.4 Å². The van der Waals surface area contributed by atoms with Crippen molar-refractivity contribution in [2.45, 2.75) is 25.7 Å². The van der Waals surface area contributed by atoms with Crippen molar-refractivity contribution in [3.8, 4) is 0 Å². The number of primary amides is 1. The number of amides is 1. The number of carboxylic acid groups (broad SMARTS) is 2. The molecule has 0 aromatic carbocycles. The molecule has 6 nitrogen and oxygen atoms in total. The quantitative estimate of drug-likeness (QED) is 0.564. The molecular weight excluding hydrogens is 202 g/mol. The summed E-state index contributed by atoms with van der Waals surface area (Å²) in [6, 6.07) is 0. The largest absolute Gasteiger partial charge is 0.481 e. The Bertz CT molecular complexity index is 298. The van der Waals surface area contributed by atoms with E-state index in [1.807, 2.05) is 0 Å². The first kappa shape index (κ1) is 11.5. The predicted molar refractivity (Wildman–Crippen MR) is 48.9 cm³/mol. The minimum Gasteiger partial charge on any atom is -0.481 e. The molecule has 84 valence electrons. The highest BCUT2D eigenvalue weighted by molar-refractivity contribution is 6.04. The summed E-state index contributed by atoms with van der Waals surface area (Å²) in [5.41, 5.74) is 3.12. The number of rotatable bonds is 3. The molecule has 4 N–H and O–H groups in total. The normalized spacial score (nSPS) is 30.8. The molecule has 0 radical (unpaired) electrons. The number of nitrogens with two attached hydrogens (primary N) is 1. The molecule has 1 aliphatic rings. The molecule has 0 spiro atoms. The molecule has 0 saturated heterocycles. The average Bonchev–Trinajstić information content (AvgIpc) is 2.16. The Hall–Kier alpha value is -1.59. The van der Waals surface area contributed by atoms with Gasteiger partial charge in [0.15, 0.2) is 5.41 Å². The molecule has 0 bridgehead atoms. The third kappa shape index (κ3) is 1.67. The summed E-state index contributed by atoms with van der Waals surface area (Å²) in [4.78, 5) is 33.2. The predicted octanol–water partition coefficient (Wildman–Crippen LogP) is -0.183. The van der Waals surface area contributed by atoms with Crippen LogP contribution in [0.3, 0.4) is 0 Å². The van der Waals surface area contributed by atoms with Crippen LogP contribution in [-0.2, 0) is 14.4 Å². The zero-order valence-corrected chi connectivity index (χ0v) is 8.10. The van der Waals surface area contributed by atoms with E-state index < -0.39 is 29.2 Å². The zero-order valence-electron chi connectivity index (χ0n) is 8.10. The molecule has 1 fully saturated rings. The van der Waals surface area contributed by atoms with Crippen LogP contribution in [0.15, 0.2) is 0 Å². The van der Waals surface area contributed by atoms with Crippen LogP contribution in [0.5, 0.6) is 0 Å². The molecule has 0 aliphatic heterocycles. The van der Waals surface area contributed by atoms with Gasteiger partial charge >= 0.3 is 11.9 Å². The first-order chi connectivity index (χ1) is 6.93. The van der Waals surface area contributed by atoms with Gasteiger partial charge in [0.25, 0.3) is 0 Å². The highest BCUT2D eigenvalue weighted by Crippen LogP contribution is 2.41. The topological polar surface area (TPSA) is 118 Å². The second-order valence-electron chi connectivity index (χ2n) is 3.78. The summed E-state index contributed by atoms with van der Waals surface area (Å²) < 4.78 is 0. The number of carbonyl (C=O) groups excluding carboxylic acids is 1. The van der Waals surface area contributed by atoms with Crippen LogP contribution in [-0.4, -0.2) is 28.1 Å². The van der Waals surface area contributed by atoms with E-state index >= 15 is 0 Å². The number of hydrogen-bond donors (Lipinski definition) is 3. The molecule has 0 heterocycles. The van der Waals surface area contributed by atoms with Gasteiger partial charge in [0.2, 0.25) is 5.91 Å². The molecule has 0 aromatic heterocycles. The summed E-state index contributed by atoms with van der Waals surface area (Å²) in [7, 11) is 0. The van der Waals surface area contributed by atoms with Crippen LogP contribution >= 0.6 is 0 Å². The van der Waals surface area contributed by atoms with Crippen molar-refractivity contribution in [1.29, 1.82) is 0 Å². The van der Waals surface area contributed by atoms with E-state index in [2.05, 4.69) is 0 Å². The summed E-state index contributed by atoms with van der Waals surface area (Å²) in [5.74, 6) is -4.96. The Balaban J connectivity index is 3.16. The Morgan fingerprint density at radius 3 is 2.13 bits per heavy atom. The van der Waals surface area contributed by atoms with Gasteiger partial charge in [-0.2, -0.15) is 0 Å². The number of hydrogen-bond acceptors (Lipinski definition) is 3. The van der Waals surface area contributed by atoms with Gasteiger partial charge in [0.05, 0.1) is 5.92 Å². The van der Waals surface area contributed by atoms with Gasteiger partial charge in [-0.25, -0.2) is 0 Å². The highest BCUT2D eigenvalue weighted by atomic mass is 16.4. The van der Waals surface area contributed by atoms with Gasteiger partial charge < -0.3 is 15.9 Å². The lowest BCUT2D eigenvalue weighted by Crippen LogP contribution is -2.53. The third-order valence-corrected chi connectivity index (χ3v) is 3.03. The molecule has 1 unspecified atom stereocenters. The minimum absolute atomic E-state index is 0.00856. The van der Waals surface area contributed by atoms with Crippen LogP contribution < -0.4 is 5.73 Å². The van der Waals surface area contributed by atoms with Gasteiger partial charge in [0.1, 0.15) is 0 Å². The average molecular weight is 215 g/mol. The van der Waals surface area contributed by atoms with Gasteiger partial charge in [-0.1, -0.05) is 12.8 Å². The Morgan fingerprint density at radius 1 is 1.20 bits per heavy atom. The fraction of sp³-hybridized carbons (Fsp3) is 0.667. The summed E-state index contributed by atoms with van der Waals surface area (Å²) in [6.07, 6.45) is 1.32. The molecule has 0 aromatic rings. The first-order valence-corrected chi connectivity index (χ1v) is 4.69. The van der Waals surface area contributed by atoms with Gasteiger partial charge in [-0.3, -0.25) is 14.4 Å². The lowest BCUT2D eigenvalue weighted by atomic mass is 9.65. The maximum Gasteiger partial charge on any atom is 0.320 e. The lowest BCUT2D eigenvalue weighted by Gasteiger charge is -2.35. The standard InChI is InChI=1S/C9H13NO5/c10-7(13)9(8(14)15)4-2-1-3-5(9)6(11)12/h5H,1-4H2,(H2,10,13)(H,11,12)(H,14,15)/t5?,9-/m1/s1. The summed E-state index contributed by atoms with van der Waals surface area (Å²) >= 11 is 0. The maximum atomic E-state index is 11.2. The molecule has 1 rings (SSSR count). The SMILES string of the molecule is NC(=O)[C@@]1(C(=O)O)CCCCC1C(=O)O. The Kier molecular flexibility index (Phi) is 2.97. The van der Waals surface area contributed by atoms with Crippen LogP contribution in [0.2, 0.25) is 0 Å². The lowest BCUT2D eigenvalue weighted by molar-refractivity contribution is -0.170. The van der Waals surface area contributed by atoms with E-state index in [0.29, 0.717) is 12.8 Å². The van der Waals surface area contributed by atoms with Crippen LogP contribution in [0.1, 0.15) is 25.7 Å². The van der Waals surface area contributed by atoms with Crippen molar-refractivity contribution in [3.63, 3.8) is 0 Å². The van der Waals surface area contributed by atoms with E-state index in [4.69, 9.17) is 15.9 Å². The van der Waals surface area contributed by atoms with Crippen molar-refractivity contribution in [1.82, 2.24) is 0 Å². The first-order valence-electron chi connectivity index (χ1n) is 4.69. The van der Waals surface area contributed by atoms with E-state index in [1.54, 1.807) is 0 Å². The van der Waals surface area contributed by atoms with Crippen LogP contribution in [0.25, 0.3) is 0 Å². The Labute approximate surface area is 86.1 Å². The summed E-state index contributed by atoms with van der Waals surface area (Å²) in [5, 5.41) is 17.9. The van der Waals surface area contributed by atoms with Crippen molar-refractivity contribution in [2.75, 3.05) is 0 Å². The highest BCUT2D eigenvalue weighted by Gasteiger charge is 2.55. The minimum atomic E-state index is -1.93. The van der Waals surface area contributed by atoms with Gasteiger partial charge in [-0.15, -0.1) is 0 Å². The molecule has 15 heavy (non-hydrogen) atoms. The van der Waals surface area contributed by atoms with Gasteiger partial charge in [0, 0.05) is 0 Å². The molecular formula is C9H13NO5. The van der Waals surface area contributed by atoms with E-state index in [-0.39, 0.29) is 12.8 Å². The molecule has 1 amide bonds. The second-order valence-corrected chi connectivity index (χ2v) is 3.78. The molecule has 1 aliphatic carbocycles. The molecule has 2 atom stereocenters. The number of aliphatic carboxylic acids is 2. The Morgan fingerprint density at radius 2 is 1.80 bits per heavy atom. The molecule has 6 heteroatoms. The van der Waals surface area contributed by atoms with Crippen LogP contribution in [0, 0.1) is 11.3 Å². The third-order valence-electron chi connectivity index (χ3n) is 3.03. The number of carbonyl (C=O) groups is 3. The van der Waals surface area contributed by atoms with E-state index in [0.717, 1.165) is 0 Å².